The summed E-state index contributed by atoms with van der Waals surface area (Å²) in [4.78, 5) is 10.7. The number of hydrogen-bond donors (Lipinski definition) is 1. The molecule has 0 spiro atoms. The van der Waals surface area contributed by atoms with Crippen LogP contribution in [0.3, 0.4) is 0 Å². The van der Waals surface area contributed by atoms with Crippen molar-refractivity contribution < 1.29 is 5.11 Å². The molecule has 8 rings (SSSR count). The van der Waals surface area contributed by atoms with Crippen LogP contribution in [0.15, 0.2) is 128 Å². The van der Waals surface area contributed by atoms with Crippen molar-refractivity contribution in [2.75, 3.05) is 0 Å². The number of nitrogens with zero attached hydrogens (tertiary/aromatic N) is 3. The lowest BCUT2D eigenvalue weighted by molar-refractivity contribution is 0.446. The van der Waals surface area contributed by atoms with E-state index in [0.29, 0.717) is 5.92 Å². The lowest BCUT2D eigenvalue weighted by Crippen LogP contribution is -2.17. The fourth-order valence-corrected chi connectivity index (χ4v) is 8.69. The fraction of sp³-hybridized carbons (Fsp3) is 0.298. The molecule has 0 unspecified atom stereocenters. The molecule has 0 fully saturated rings. The molecule has 2 aromatic heterocycles. The van der Waals surface area contributed by atoms with E-state index in [0.717, 1.165) is 67.0 Å². The largest absolute Gasteiger partial charge is 0.507 e. The first kappa shape index (κ1) is 41.7. The molecule has 0 aliphatic heterocycles. The maximum atomic E-state index is 12.6. The molecule has 4 nitrogen and oxygen atoms in total. The Balaban J connectivity index is 1.49. The maximum absolute atomic E-state index is 12.6. The van der Waals surface area contributed by atoms with Crippen LogP contribution < -0.4 is 0 Å². The van der Waals surface area contributed by atoms with E-state index in [1.165, 1.54) is 33.2 Å². The van der Waals surface area contributed by atoms with E-state index in [1.54, 1.807) is 0 Å². The topological polar surface area (TPSA) is 50.9 Å². The zero-order valence-electron chi connectivity index (χ0n) is 38.1. The summed E-state index contributed by atoms with van der Waals surface area (Å²) in [6.07, 6.45) is 1.98. The van der Waals surface area contributed by atoms with Gasteiger partial charge in [-0.1, -0.05) is 162 Å². The van der Waals surface area contributed by atoms with Gasteiger partial charge in [0.05, 0.1) is 28.0 Å². The summed E-state index contributed by atoms with van der Waals surface area (Å²) in [7, 11) is 0. The van der Waals surface area contributed by atoms with E-state index in [2.05, 4.69) is 209 Å². The number of para-hydroxylation sites is 1. The Bertz CT molecular complexity index is 2890. The first-order valence-corrected chi connectivity index (χ1v) is 22.0. The Morgan fingerprint density at radius 1 is 0.541 bits per heavy atom. The van der Waals surface area contributed by atoms with E-state index in [1.807, 2.05) is 6.20 Å². The summed E-state index contributed by atoms with van der Waals surface area (Å²) in [5, 5.41) is 14.9. The van der Waals surface area contributed by atoms with Gasteiger partial charge in [0.1, 0.15) is 11.6 Å². The second kappa shape index (κ2) is 15.8. The van der Waals surface area contributed by atoms with Gasteiger partial charge in [0.15, 0.2) is 0 Å². The van der Waals surface area contributed by atoms with Crippen LogP contribution in [0.4, 0.5) is 0 Å². The van der Waals surface area contributed by atoms with Gasteiger partial charge in [0, 0.05) is 28.3 Å². The second-order valence-corrected chi connectivity index (χ2v) is 20.0. The van der Waals surface area contributed by atoms with Gasteiger partial charge in [-0.05, 0) is 115 Å². The highest BCUT2D eigenvalue weighted by Crippen LogP contribution is 2.47. The summed E-state index contributed by atoms with van der Waals surface area (Å²) >= 11 is 0. The predicted octanol–water partition coefficient (Wildman–Crippen LogP) is 15.9. The van der Waals surface area contributed by atoms with Crippen LogP contribution in [0.5, 0.6) is 5.75 Å². The first-order valence-electron chi connectivity index (χ1n) is 22.0. The lowest BCUT2D eigenvalue weighted by atomic mass is 9.78. The minimum absolute atomic E-state index is 0.168. The van der Waals surface area contributed by atoms with Crippen LogP contribution in [0, 0.1) is 0 Å². The smallest absolute Gasteiger partial charge is 0.149 e. The Morgan fingerprint density at radius 2 is 1.18 bits per heavy atom. The monoisotopic (exact) mass is 803 g/mol. The maximum Gasteiger partial charge on any atom is 0.149 e. The molecule has 0 bridgehead atoms. The highest BCUT2D eigenvalue weighted by molar-refractivity contribution is 5.97. The van der Waals surface area contributed by atoms with E-state index in [9.17, 15) is 5.11 Å². The van der Waals surface area contributed by atoms with Gasteiger partial charge in [-0.2, -0.15) is 0 Å². The predicted molar refractivity (Wildman–Crippen MR) is 259 cm³/mol. The third kappa shape index (κ3) is 7.89. The van der Waals surface area contributed by atoms with E-state index in [-0.39, 0.29) is 28.4 Å². The average Bonchev–Trinajstić information content (AvgIpc) is 3.61. The number of aromatic hydroxyl groups is 1. The van der Waals surface area contributed by atoms with Crippen molar-refractivity contribution in [3.05, 3.63) is 155 Å². The summed E-state index contributed by atoms with van der Waals surface area (Å²) in [6, 6.07) is 43.9. The molecule has 61 heavy (non-hydrogen) atoms. The van der Waals surface area contributed by atoms with Crippen molar-refractivity contribution in [2.24, 2.45) is 0 Å². The molecule has 0 aliphatic carbocycles. The number of phenolic OH excluding ortho intramolecular Hbond substituents is 1. The molecule has 0 saturated heterocycles. The number of pyridine rings is 1. The summed E-state index contributed by atoms with van der Waals surface area (Å²) < 4.78 is 2.38. The highest BCUT2D eigenvalue weighted by atomic mass is 16.3. The first-order chi connectivity index (χ1) is 28.9. The molecular formula is C57H61N3O. The number of benzene rings is 6. The molecule has 0 radical (unpaired) electrons. The zero-order valence-corrected chi connectivity index (χ0v) is 38.1. The van der Waals surface area contributed by atoms with Crippen LogP contribution >= 0.6 is 0 Å². The Hall–Kier alpha value is -6.00. The second-order valence-electron chi connectivity index (χ2n) is 20.0. The third-order valence-electron chi connectivity index (χ3n) is 12.3. The number of phenols is 1. The van der Waals surface area contributed by atoms with Crippen molar-refractivity contribution >= 4 is 21.8 Å². The van der Waals surface area contributed by atoms with Crippen LogP contribution in [-0.2, 0) is 10.8 Å². The molecule has 0 atom stereocenters. The van der Waals surface area contributed by atoms with Crippen LogP contribution in [0.25, 0.3) is 72.4 Å². The Morgan fingerprint density at radius 3 is 1.80 bits per heavy atom. The van der Waals surface area contributed by atoms with Gasteiger partial charge < -0.3 is 5.11 Å². The van der Waals surface area contributed by atoms with Crippen molar-refractivity contribution in [2.45, 2.75) is 112 Å². The number of rotatable bonds is 8. The normalized spacial score (nSPS) is 12.4. The standard InChI is InChI=1S/C57H61N3O/c1-34(2)40-25-42(27-43(26-40)50-30-38-21-16-17-22-39(38)33-58-50)45-23-18-24-51-52(45)59-55(48-31-44(56(7,8)9)32-49(54(48)61)57(10,11)12)60(51)53-46(35(3)4)28-41(29-47(53)36(5)6)37-19-14-13-15-20-37/h13-36,61H,1-12H3. The number of imidazole rings is 1. The van der Waals surface area contributed by atoms with Gasteiger partial charge in [-0.15, -0.1) is 0 Å². The van der Waals surface area contributed by atoms with E-state index >= 15 is 0 Å². The molecule has 4 heteroatoms. The van der Waals surface area contributed by atoms with Gasteiger partial charge in [0.2, 0.25) is 0 Å². The van der Waals surface area contributed by atoms with Crippen molar-refractivity contribution in [1.82, 2.24) is 14.5 Å². The summed E-state index contributed by atoms with van der Waals surface area (Å²) in [6.45, 7) is 26.9. The molecule has 0 saturated carbocycles. The average molecular weight is 804 g/mol. The van der Waals surface area contributed by atoms with Crippen LogP contribution in [0.1, 0.15) is 129 Å². The minimum Gasteiger partial charge on any atom is -0.507 e. The SMILES string of the molecule is CC(C)c1cc(-c2cc3ccccc3cn2)cc(-c2cccc3c2nc(-c2cc(C(C)(C)C)cc(C(C)(C)C)c2O)n3-c2c(C(C)C)cc(-c3ccccc3)cc2C(C)C)c1. The number of aromatic nitrogens is 3. The number of hydrogen-bond acceptors (Lipinski definition) is 3. The molecule has 0 amide bonds. The molecule has 8 aromatic rings. The van der Waals surface area contributed by atoms with Gasteiger partial charge in [-0.3, -0.25) is 9.55 Å². The quantitative estimate of drug-likeness (QED) is 0.166. The van der Waals surface area contributed by atoms with Gasteiger partial charge in [-0.25, -0.2) is 4.98 Å². The van der Waals surface area contributed by atoms with Crippen LogP contribution in [-0.4, -0.2) is 19.6 Å². The Kier molecular flexibility index (Phi) is 10.8. The van der Waals surface area contributed by atoms with Crippen molar-refractivity contribution in [3.8, 4) is 56.3 Å². The fourth-order valence-electron chi connectivity index (χ4n) is 8.69. The molecular weight excluding hydrogens is 743 g/mol. The van der Waals surface area contributed by atoms with Gasteiger partial charge in [0.25, 0.3) is 0 Å². The zero-order chi connectivity index (χ0) is 43.5. The lowest BCUT2D eigenvalue weighted by Gasteiger charge is -2.28. The van der Waals surface area contributed by atoms with E-state index in [4.69, 9.17) is 9.97 Å². The Labute approximate surface area is 363 Å². The molecule has 0 aliphatic rings. The highest BCUT2D eigenvalue weighted by Gasteiger charge is 2.30. The molecule has 2 heterocycles. The van der Waals surface area contributed by atoms with Crippen molar-refractivity contribution in [3.63, 3.8) is 0 Å². The van der Waals surface area contributed by atoms with Gasteiger partial charge >= 0.3 is 0 Å². The summed E-state index contributed by atoms with van der Waals surface area (Å²) in [5.41, 5.74) is 15.7. The molecule has 310 valence electrons. The molecule has 6 aromatic carbocycles. The third-order valence-corrected chi connectivity index (χ3v) is 12.3. The van der Waals surface area contributed by atoms with E-state index < -0.39 is 0 Å². The summed E-state index contributed by atoms with van der Waals surface area (Å²) in [5.74, 6) is 1.71. The minimum atomic E-state index is -0.309. The van der Waals surface area contributed by atoms with Crippen molar-refractivity contribution in [1.29, 1.82) is 0 Å². The van der Waals surface area contributed by atoms with Crippen LogP contribution in [0.2, 0.25) is 0 Å². The number of fused-ring (bicyclic) bond motifs is 2. The molecule has 1 N–H and O–H groups in total.